The summed E-state index contributed by atoms with van der Waals surface area (Å²) in [6.45, 7) is 4.09. The van der Waals surface area contributed by atoms with Crippen LogP contribution in [0.4, 0.5) is 0 Å². The molecular weight excluding hydrogens is 484 g/mol. The van der Waals surface area contributed by atoms with E-state index in [2.05, 4.69) is 16.9 Å². The fourth-order valence-corrected chi connectivity index (χ4v) is 6.72. The topological polar surface area (TPSA) is 114 Å². The number of aromatic nitrogens is 2. The quantitative estimate of drug-likeness (QED) is 0.326. The number of nitrogens with one attached hydrogen (secondary N) is 1. The van der Waals surface area contributed by atoms with Gasteiger partial charge in [-0.1, -0.05) is 75.9 Å². The van der Waals surface area contributed by atoms with Gasteiger partial charge in [-0.25, -0.2) is 21.8 Å². The maximum Gasteiger partial charge on any atom is 0.302 e. The molecule has 0 atom stereocenters. The highest BCUT2D eigenvalue weighted by molar-refractivity contribution is 8.06. The average molecular weight is 517 g/mol. The predicted octanol–water partition coefficient (Wildman–Crippen LogP) is 5.32. The largest absolute Gasteiger partial charge is 0.332 e. The minimum absolute atomic E-state index is 0.0461. The van der Waals surface area contributed by atoms with E-state index in [1.165, 1.54) is 18.2 Å². The Morgan fingerprint density at radius 3 is 2.06 bits per heavy atom. The first kappa shape index (κ1) is 26.8. The van der Waals surface area contributed by atoms with Gasteiger partial charge >= 0.3 is 5.12 Å². The molecule has 0 fully saturated rings. The van der Waals surface area contributed by atoms with Crippen LogP contribution in [0.15, 0.2) is 69.4 Å². The molecule has 1 aromatic heterocycles. The fourth-order valence-electron chi connectivity index (χ4n) is 3.88. The lowest BCUT2D eigenvalue weighted by Gasteiger charge is -2.10. The fraction of sp³-hybridized carbons (Fsp3) is 0.385. The van der Waals surface area contributed by atoms with Crippen molar-refractivity contribution in [3.8, 4) is 0 Å². The highest BCUT2D eigenvalue weighted by Crippen LogP contribution is 2.28. The number of carbonyl (C=O) groups is 1. The molecule has 0 aliphatic carbocycles. The van der Waals surface area contributed by atoms with Gasteiger partial charge in [0.1, 0.15) is 5.82 Å². The molecule has 0 amide bonds. The van der Waals surface area contributed by atoms with E-state index < -0.39 is 35.5 Å². The Balaban J connectivity index is 2.09. The van der Waals surface area contributed by atoms with Crippen molar-refractivity contribution in [1.29, 1.82) is 0 Å². The molecule has 0 radical (unpaired) electrons. The maximum absolute atomic E-state index is 13.5. The van der Waals surface area contributed by atoms with Gasteiger partial charge in [0.05, 0.1) is 9.79 Å². The zero-order chi connectivity index (χ0) is 25.5. The first-order chi connectivity index (χ1) is 16.7. The molecule has 7 nitrogen and oxygen atoms in total. The van der Waals surface area contributed by atoms with Gasteiger partial charge in [-0.2, -0.15) is 0 Å². The second-order valence-corrected chi connectivity index (χ2v) is 12.2. The minimum atomic E-state index is -4.52. The van der Waals surface area contributed by atoms with Crippen LogP contribution >= 0.6 is 0 Å². The lowest BCUT2D eigenvalue weighted by Crippen LogP contribution is -2.20. The van der Waals surface area contributed by atoms with E-state index in [0.29, 0.717) is 18.4 Å². The number of aryl methyl sites for hydroxylation is 2. The highest BCUT2D eigenvalue weighted by atomic mass is 32.2. The standard InChI is InChI=1S/C26H32N2O5S2/c1-3-5-8-14-20-15-12-13-18-22(20)35(32,33)26(29)24-25(28-23(27-24)19-9-6-4-2)34(30,31)21-16-10-7-11-17-21/h7,10-13,15-18H,3-6,8-9,14,19H2,1-2H3,(H,27,28). The lowest BCUT2D eigenvalue weighted by atomic mass is 10.1. The van der Waals surface area contributed by atoms with Crippen molar-refractivity contribution in [3.05, 3.63) is 71.7 Å². The predicted molar refractivity (Wildman–Crippen MR) is 135 cm³/mol. The second-order valence-electron chi connectivity index (χ2n) is 8.49. The van der Waals surface area contributed by atoms with E-state index in [1.807, 2.05) is 6.92 Å². The zero-order valence-electron chi connectivity index (χ0n) is 20.2. The molecule has 0 spiro atoms. The van der Waals surface area contributed by atoms with Crippen molar-refractivity contribution in [3.63, 3.8) is 0 Å². The van der Waals surface area contributed by atoms with E-state index in [0.717, 1.165) is 38.5 Å². The molecule has 0 bridgehead atoms. The number of carbonyl (C=O) groups excluding carboxylic acids is 1. The van der Waals surface area contributed by atoms with Gasteiger partial charge in [0, 0.05) is 6.42 Å². The number of hydrogen-bond acceptors (Lipinski definition) is 6. The van der Waals surface area contributed by atoms with Gasteiger partial charge in [-0.3, -0.25) is 4.79 Å². The molecular formula is C26H32N2O5S2. The van der Waals surface area contributed by atoms with Gasteiger partial charge in [0.15, 0.2) is 10.7 Å². The van der Waals surface area contributed by atoms with Gasteiger partial charge in [0.2, 0.25) is 19.7 Å². The number of sulfone groups is 2. The molecule has 1 N–H and O–H groups in total. The van der Waals surface area contributed by atoms with Crippen molar-refractivity contribution in [2.24, 2.45) is 0 Å². The summed E-state index contributed by atoms with van der Waals surface area (Å²) in [4.78, 5) is 20.3. The summed E-state index contributed by atoms with van der Waals surface area (Å²) in [5, 5.41) is -1.79. The van der Waals surface area contributed by atoms with Crippen LogP contribution in [-0.2, 0) is 32.5 Å². The van der Waals surface area contributed by atoms with Gasteiger partial charge in [-0.15, -0.1) is 0 Å². The van der Waals surface area contributed by atoms with E-state index in [1.54, 1.807) is 36.4 Å². The first-order valence-electron chi connectivity index (χ1n) is 12.0. The molecule has 1 heterocycles. The summed E-state index contributed by atoms with van der Waals surface area (Å²) in [6.07, 6.45) is 6.19. The Hall–Kier alpha value is -2.78. The van der Waals surface area contributed by atoms with E-state index >= 15 is 0 Å². The number of aromatic amines is 1. The smallest absolute Gasteiger partial charge is 0.302 e. The molecule has 0 saturated heterocycles. The minimum Gasteiger partial charge on any atom is -0.332 e. The Morgan fingerprint density at radius 1 is 0.800 bits per heavy atom. The normalized spacial score (nSPS) is 12.1. The van der Waals surface area contributed by atoms with Crippen molar-refractivity contribution in [2.75, 3.05) is 0 Å². The van der Waals surface area contributed by atoms with Crippen molar-refractivity contribution in [1.82, 2.24) is 9.97 Å². The number of imidazole rings is 1. The zero-order valence-corrected chi connectivity index (χ0v) is 21.8. The second kappa shape index (κ2) is 11.8. The monoisotopic (exact) mass is 516 g/mol. The van der Waals surface area contributed by atoms with E-state index in [9.17, 15) is 21.6 Å². The van der Waals surface area contributed by atoms with Crippen LogP contribution in [0.25, 0.3) is 0 Å². The van der Waals surface area contributed by atoms with Crippen molar-refractivity contribution in [2.45, 2.75) is 80.0 Å². The van der Waals surface area contributed by atoms with Crippen LogP contribution in [0.2, 0.25) is 0 Å². The third-order valence-electron chi connectivity index (χ3n) is 5.81. The van der Waals surface area contributed by atoms with Crippen LogP contribution in [0.1, 0.15) is 74.2 Å². The summed E-state index contributed by atoms with van der Waals surface area (Å²) in [7, 11) is -8.72. The number of nitrogens with zero attached hydrogens (tertiary/aromatic N) is 1. The first-order valence-corrected chi connectivity index (χ1v) is 15.0. The summed E-state index contributed by atoms with van der Waals surface area (Å²) in [5.41, 5.74) is -0.0378. The van der Waals surface area contributed by atoms with Crippen molar-refractivity contribution < 1.29 is 21.6 Å². The summed E-state index contributed by atoms with van der Waals surface area (Å²) < 4.78 is 53.7. The van der Waals surface area contributed by atoms with Gasteiger partial charge < -0.3 is 4.98 Å². The molecule has 0 unspecified atom stereocenters. The van der Waals surface area contributed by atoms with E-state index in [4.69, 9.17) is 0 Å². The molecule has 0 saturated carbocycles. The molecule has 35 heavy (non-hydrogen) atoms. The molecule has 3 aromatic rings. The molecule has 2 aromatic carbocycles. The average Bonchev–Trinajstić information content (AvgIpc) is 3.29. The van der Waals surface area contributed by atoms with Crippen molar-refractivity contribution >= 4 is 24.8 Å². The Labute approximate surface area is 207 Å². The molecule has 9 heteroatoms. The number of H-pyrrole nitrogens is 1. The Bertz CT molecular complexity index is 1360. The van der Waals surface area contributed by atoms with Crippen LogP contribution in [-0.4, -0.2) is 31.9 Å². The van der Waals surface area contributed by atoms with Gasteiger partial charge in [-0.05, 0) is 43.0 Å². The van der Waals surface area contributed by atoms with Crippen LogP contribution in [0, 0.1) is 0 Å². The van der Waals surface area contributed by atoms with Crippen LogP contribution in [0.3, 0.4) is 0 Å². The Morgan fingerprint density at radius 2 is 1.40 bits per heavy atom. The molecule has 3 rings (SSSR count). The highest BCUT2D eigenvalue weighted by Gasteiger charge is 2.37. The lowest BCUT2D eigenvalue weighted by molar-refractivity contribution is 0.106. The van der Waals surface area contributed by atoms with Crippen LogP contribution < -0.4 is 0 Å². The number of hydrogen-bond donors (Lipinski definition) is 1. The third kappa shape index (κ3) is 6.08. The van der Waals surface area contributed by atoms with E-state index in [-0.39, 0.29) is 15.6 Å². The number of rotatable bonds is 12. The van der Waals surface area contributed by atoms with Crippen LogP contribution in [0.5, 0.6) is 0 Å². The summed E-state index contributed by atoms with van der Waals surface area (Å²) >= 11 is 0. The number of benzene rings is 2. The third-order valence-corrected chi connectivity index (χ3v) is 9.19. The Kier molecular flexibility index (Phi) is 9.02. The number of unbranched alkanes of at least 4 members (excludes halogenated alkanes) is 4. The molecule has 188 valence electrons. The molecule has 0 aliphatic rings. The van der Waals surface area contributed by atoms with Gasteiger partial charge in [0.25, 0.3) is 0 Å². The SMILES string of the molecule is CCCCCc1nc(C(=O)S(=O)(=O)c2ccccc2CCCCC)c(S(=O)(=O)c2ccccc2)[nH]1. The summed E-state index contributed by atoms with van der Waals surface area (Å²) in [6, 6.07) is 14.0. The summed E-state index contributed by atoms with van der Waals surface area (Å²) in [5.74, 6) is 0.280. The molecule has 0 aliphatic heterocycles. The maximum atomic E-state index is 13.5.